The highest BCUT2D eigenvalue weighted by molar-refractivity contribution is 6.43. The van der Waals surface area contributed by atoms with Crippen LogP contribution in [0.25, 0.3) is 11.3 Å². The third kappa shape index (κ3) is 6.96. The van der Waals surface area contributed by atoms with Gasteiger partial charge >= 0.3 is 0 Å². The molecule has 162 valence electrons. The van der Waals surface area contributed by atoms with E-state index in [0.29, 0.717) is 28.7 Å². The Kier molecular flexibility index (Phi) is 8.71. The Balaban J connectivity index is 1.65. The Morgan fingerprint density at radius 1 is 1.16 bits per heavy atom. The topological polar surface area (TPSA) is 54.5 Å². The highest BCUT2D eigenvalue weighted by Crippen LogP contribution is 2.23. The Labute approximate surface area is 193 Å². The summed E-state index contributed by atoms with van der Waals surface area (Å²) in [6.45, 7) is 7.33. The summed E-state index contributed by atoms with van der Waals surface area (Å²) in [4.78, 5) is 19.4. The van der Waals surface area contributed by atoms with Crippen molar-refractivity contribution < 1.29 is 9.53 Å². The fourth-order valence-corrected chi connectivity index (χ4v) is 3.49. The molecule has 0 saturated carbocycles. The normalized spacial score (nSPS) is 15.0. The maximum atomic E-state index is 12.5. The summed E-state index contributed by atoms with van der Waals surface area (Å²) in [6.07, 6.45) is 6.90. The largest absolute Gasteiger partial charge is 0.445 e. The van der Waals surface area contributed by atoms with Gasteiger partial charge in [0.2, 0.25) is 5.88 Å². The molecular formula is C24H25Cl2N3O2. The molecular weight excluding hydrogens is 433 g/mol. The van der Waals surface area contributed by atoms with Gasteiger partial charge < -0.3 is 15.0 Å². The second-order valence-electron chi connectivity index (χ2n) is 7.08. The van der Waals surface area contributed by atoms with Gasteiger partial charge in [0.05, 0.1) is 15.8 Å². The van der Waals surface area contributed by atoms with Crippen molar-refractivity contribution in [2.24, 2.45) is 0 Å². The zero-order valence-electron chi connectivity index (χ0n) is 17.2. The Morgan fingerprint density at radius 2 is 1.94 bits per heavy atom. The molecule has 0 spiro atoms. The van der Waals surface area contributed by atoms with E-state index >= 15 is 0 Å². The number of allylic oxidation sites excluding steroid dienone is 4. The van der Waals surface area contributed by atoms with Crippen LogP contribution in [0.2, 0.25) is 0 Å². The number of aromatic nitrogens is 1. The number of hydrogen-bond acceptors (Lipinski definition) is 4. The Hall–Kier alpha value is -2.60. The number of likely N-dealkylation sites (tertiary alicyclic amines) is 1. The summed E-state index contributed by atoms with van der Waals surface area (Å²) in [6, 6.07) is 12.8. The maximum absolute atomic E-state index is 12.5. The van der Waals surface area contributed by atoms with Gasteiger partial charge in [-0.05, 0) is 50.2 Å². The number of hydrogen-bond donors (Lipinski definition) is 1. The molecule has 0 unspecified atom stereocenters. The third-order valence-electron chi connectivity index (χ3n) is 4.83. The number of carbonyl (C=O) groups excluding carboxylic acids is 1. The van der Waals surface area contributed by atoms with E-state index in [4.69, 9.17) is 27.9 Å². The number of rotatable bonds is 9. The molecule has 0 atom stereocenters. The van der Waals surface area contributed by atoms with E-state index in [1.54, 1.807) is 18.2 Å². The van der Waals surface area contributed by atoms with Gasteiger partial charge in [0.15, 0.2) is 0 Å². The van der Waals surface area contributed by atoms with E-state index in [0.717, 1.165) is 25.2 Å². The van der Waals surface area contributed by atoms with Crippen LogP contribution in [0.1, 0.15) is 23.2 Å². The predicted octanol–water partition coefficient (Wildman–Crippen LogP) is 5.34. The summed E-state index contributed by atoms with van der Waals surface area (Å²) in [5.41, 5.74) is 2.09. The average molecular weight is 458 g/mol. The third-order valence-corrected chi connectivity index (χ3v) is 5.55. The zero-order chi connectivity index (χ0) is 22.1. The molecule has 3 rings (SSSR count). The van der Waals surface area contributed by atoms with Crippen molar-refractivity contribution >= 4 is 29.1 Å². The van der Waals surface area contributed by atoms with Crippen LogP contribution in [0.15, 0.2) is 77.5 Å². The molecule has 1 saturated heterocycles. The molecule has 1 amide bonds. The van der Waals surface area contributed by atoms with Crippen LogP contribution < -0.4 is 10.1 Å². The highest BCUT2D eigenvalue weighted by atomic mass is 35.5. The molecule has 7 heteroatoms. The minimum atomic E-state index is -0.0909. The van der Waals surface area contributed by atoms with E-state index in [9.17, 15) is 4.79 Å². The van der Waals surface area contributed by atoms with Crippen LogP contribution in [-0.2, 0) is 0 Å². The lowest BCUT2D eigenvalue weighted by Crippen LogP contribution is -2.33. The second kappa shape index (κ2) is 11.7. The van der Waals surface area contributed by atoms with Gasteiger partial charge in [0.1, 0.15) is 6.26 Å². The first-order chi connectivity index (χ1) is 15.1. The summed E-state index contributed by atoms with van der Waals surface area (Å²) in [5.74, 6) is 0.269. The summed E-state index contributed by atoms with van der Waals surface area (Å²) < 4.78 is 5.53. The molecule has 0 bridgehead atoms. The quantitative estimate of drug-likeness (QED) is 0.407. The minimum absolute atomic E-state index is 0.0909. The highest BCUT2D eigenvalue weighted by Gasteiger charge is 2.12. The number of ether oxygens (including phenoxy) is 1. The first-order valence-electron chi connectivity index (χ1n) is 10.2. The number of nitrogens with one attached hydrogen (secondary N) is 1. The average Bonchev–Trinajstić information content (AvgIpc) is 3.31. The molecule has 1 N–H and O–H groups in total. The number of carbonyl (C=O) groups is 1. The number of nitrogens with zero attached hydrogens (tertiary/aromatic N) is 2. The number of amides is 1. The standard InChI is InChI=1S/C24H25Cl2N3O2/c1-2-7-20(25)21(26)17-31-23-11-6-10-22(28-23)18-8-5-9-19(16-18)24(30)27-12-15-29-13-3-4-14-29/h2,5-11,16-17H,1,3-4,12-15H2,(H,27,30)/b20-7+,21-17-. The van der Waals surface area contributed by atoms with E-state index in [1.807, 2.05) is 30.3 Å². The first kappa shape index (κ1) is 23.1. The van der Waals surface area contributed by atoms with Gasteiger partial charge in [-0.1, -0.05) is 54.1 Å². The van der Waals surface area contributed by atoms with E-state index in [-0.39, 0.29) is 10.9 Å². The van der Waals surface area contributed by atoms with Gasteiger partial charge in [0, 0.05) is 30.3 Å². The minimum Gasteiger partial charge on any atom is -0.445 e. The van der Waals surface area contributed by atoms with Crippen molar-refractivity contribution in [3.8, 4) is 17.1 Å². The van der Waals surface area contributed by atoms with Crippen LogP contribution in [-0.4, -0.2) is 42.0 Å². The number of pyridine rings is 1. The summed E-state index contributed by atoms with van der Waals surface area (Å²) in [7, 11) is 0. The molecule has 1 aliphatic heterocycles. The van der Waals surface area contributed by atoms with Crippen LogP contribution in [0.4, 0.5) is 0 Å². The lowest BCUT2D eigenvalue weighted by Gasteiger charge is -2.14. The fraction of sp³-hybridized carbons (Fsp3) is 0.250. The molecule has 1 aromatic heterocycles. The first-order valence-corrected chi connectivity index (χ1v) is 10.9. The van der Waals surface area contributed by atoms with Crippen molar-refractivity contribution in [2.75, 3.05) is 26.2 Å². The van der Waals surface area contributed by atoms with Crippen LogP contribution in [0.3, 0.4) is 0 Å². The Bertz CT molecular complexity index is 982. The van der Waals surface area contributed by atoms with Crippen molar-refractivity contribution in [1.82, 2.24) is 15.2 Å². The van der Waals surface area contributed by atoms with Crippen LogP contribution >= 0.6 is 23.2 Å². The molecule has 2 aromatic rings. The van der Waals surface area contributed by atoms with Gasteiger partial charge in [0.25, 0.3) is 5.91 Å². The molecule has 0 aliphatic carbocycles. The van der Waals surface area contributed by atoms with Crippen molar-refractivity contribution in [3.05, 3.63) is 83.1 Å². The second-order valence-corrected chi connectivity index (χ2v) is 7.89. The summed E-state index contributed by atoms with van der Waals surface area (Å²) >= 11 is 12.1. The number of halogens is 2. The molecule has 1 fully saturated rings. The van der Waals surface area contributed by atoms with Crippen molar-refractivity contribution in [1.29, 1.82) is 0 Å². The van der Waals surface area contributed by atoms with Crippen LogP contribution in [0.5, 0.6) is 5.88 Å². The van der Waals surface area contributed by atoms with Crippen molar-refractivity contribution in [2.45, 2.75) is 12.8 Å². The van der Waals surface area contributed by atoms with Crippen molar-refractivity contribution in [3.63, 3.8) is 0 Å². The molecule has 1 aliphatic rings. The Morgan fingerprint density at radius 3 is 2.71 bits per heavy atom. The monoisotopic (exact) mass is 457 g/mol. The van der Waals surface area contributed by atoms with Crippen LogP contribution in [0, 0.1) is 0 Å². The lowest BCUT2D eigenvalue weighted by molar-refractivity contribution is 0.0950. The molecule has 31 heavy (non-hydrogen) atoms. The smallest absolute Gasteiger partial charge is 0.251 e. The molecule has 5 nitrogen and oxygen atoms in total. The van der Waals surface area contributed by atoms with E-state index in [2.05, 4.69) is 21.8 Å². The maximum Gasteiger partial charge on any atom is 0.251 e. The van der Waals surface area contributed by atoms with Gasteiger partial charge in [-0.15, -0.1) is 0 Å². The lowest BCUT2D eigenvalue weighted by atomic mass is 10.1. The van der Waals surface area contributed by atoms with E-state index < -0.39 is 0 Å². The molecule has 2 heterocycles. The predicted molar refractivity (Wildman–Crippen MR) is 126 cm³/mol. The van der Waals surface area contributed by atoms with Gasteiger partial charge in [-0.2, -0.15) is 0 Å². The SMILES string of the molecule is C=C/C=C(Cl)\C(Cl)=C\Oc1cccc(-c2cccc(C(=O)NCCN3CCCC3)c2)n1. The molecule has 1 aromatic carbocycles. The van der Waals surface area contributed by atoms with E-state index in [1.165, 1.54) is 25.2 Å². The zero-order valence-corrected chi connectivity index (χ0v) is 18.7. The van der Waals surface area contributed by atoms with Gasteiger partial charge in [-0.3, -0.25) is 4.79 Å². The van der Waals surface area contributed by atoms with Gasteiger partial charge in [-0.25, -0.2) is 4.98 Å². The fourth-order valence-electron chi connectivity index (χ4n) is 3.25. The summed E-state index contributed by atoms with van der Waals surface area (Å²) in [5, 5.41) is 3.55. The molecule has 0 radical (unpaired) electrons. The number of benzene rings is 1.